The Kier molecular flexibility index (Phi) is 6.95. The van der Waals surface area contributed by atoms with Crippen molar-refractivity contribution in [3.05, 3.63) is 68.1 Å². The molecule has 0 spiro atoms. The highest BCUT2D eigenvalue weighted by atomic mass is 32.2. The first-order chi connectivity index (χ1) is 18.6. The number of amides is 5. The summed E-state index contributed by atoms with van der Waals surface area (Å²) in [5.74, 6) is -3.81. The highest BCUT2D eigenvalue weighted by Crippen LogP contribution is 2.53. The van der Waals surface area contributed by atoms with Gasteiger partial charge in [-0.1, -0.05) is 46.9 Å². The molecule has 0 bridgehead atoms. The number of imide groups is 3. The van der Waals surface area contributed by atoms with E-state index in [1.807, 2.05) is 19.1 Å². The summed E-state index contributed by atoms with van der Waals surface area (Å²) in [6, 6.07) is 10.5. The van der Waals surface area contributed by atoms with Crippen LogP contribution in [0.3, 0.4) is 0 Å². The molecule has 3 aromatic rings. The molecule has 0 aliphatic carbocycles. The van der Waals surface area contributed by atoms with Gasteiger partial charge in [-0.2, -0.15) is 4.90 Å². The van der Waals surface area contributed by atoms with Gasteiger partial charge < -0.3 is 20.9 Å². The normalized spacial score (nSPS) is 19.9. The van der Waals surface area contributed by atoms with Gasteiger partial charge in [-0.05, 0) is 43.7 Å². The summed E-state index contributed by atoms with van der Waals surface area (Å²) in [6.07, 6.45) is 0. The van der Waals surface area contributed by atoms with Crippen molar-refractivity contribution in [1.29, 1.82) is 0 Å². The van der Waals surface area contributed by atoms with E-state index in [-0.39, 0.29) is 24.7 Å². The van der Waals surface area contributed by atoms with Crippen molar-refractivity contribution < 1.29 is 29.0 Å². The summed E-state index contributed by atoms with van der Waals surface area (Å²) in [7, 11) is 0. The van der Waals surface area contributed by atoms with Gasteiger partial charge >= 0.3 is 10.9 Å². The van der Waals surface area contributed by atoms with E-state index in [2.05, 4.69) is 5.32 Å². The average Bonchev–Trinajstić information content (AvgIpc) is 3.33. The smallest absolute Gasteiger partial charge is 0.328 e. The van der Waals surface area contributed by atoms with E-state index in [9.17, 15) is 29.1 Å². The van der Waals surface area contributed by atoms with Crippen LogP contribution in [0, 0.1) is 12.8 Å². The minimum Gasteiger partial charge on any atom is -0.504 e. The van der Waals surface area contributed by atoms with Crippen LogP contribution >= 0.6 is 23.1 Å². The van der Waals surface area contributed by atoms with Crippen molar-refractivity contribution in [2.24, 2.45) is 11.7 Å². The molecule has 0 radical (unpaired) electrons. The van der Waals surface area contributed by atoms with Crippen LogP contribution in [0.25, 0.3) is 0 Å². The number of nitrogens with zero attached hydrogens (tertiary/aromatic N) is 2. The van der Waals surface area contributed by atoms with Crippen LogP contribution < -0.4 is 20.7 Å². The molecule has 1 aromatic heterocycles. The molecule has 3 heterocycles. The minimum atomic E-state index is -1.18. The monoisotopic (exact) mass is 568 g/mol. The third-order valence-corrected chi connectivity index (χ3v) is 9.15. The molecule has 1 fully saturated rings. The van der Waals surface area contributed by atoms with Gasteiger partial charge in [-0.3, -0.25) is 23.7 Å². The number of carbonyl (C=O) groups excluding carboxylic acids is 4. The highest BCUT2D eigenvalue weighted by Gasteiger charge is 2.58. The lowest BCUT2D eigenvalue weighted by Crippen LogP contribution is -2.41. The van der Waals surface area contributed by atoms with Crippen LogP contribution in [0.1, 0.15) is 28.8 Å². The molecule has 13 heteroatoms. The first-order valence-corrected chi connectivity index (χ1v) is 13.7. The number of phenols is 1. The number of nitrogens with two attached hydrogens (primary N) is 1. The number of hydrogen-bond acceptors (Lipinski definition) is 9. The number of hydrogen-bond donors (Lipinski definition) is 3. The van der Waals surface area contributed by atoms with Crippen LogP contribution in [0.2, 0.25) is 0 Å². The quantitative estimate of drug-likeness (QED) is 0.383. The molecule has 39 heavy (non-hydrogen) atoms. The van der Waals surface area contributed by atoms with Crippen molar-refractivity contribution in [2.45, 2.75) is 36.6 Å². The molecular formula is C26H24N4O7S2. The van der Waals surface area contributed by atoms with Crippen molar-refractivity contribution in [3.8, 4) is 11.5 Å². The number of nitrogens with one attached hydrogen (secondary N) is 1. The Morgan fingerprint density at radius 3 is 2.49 bits per heavy atom. The summed E-state index contributed by atoms with van der Waals surface area (Å²) in [4.78, 5) is 65.0. The number of anilines is 1. The lowest BCUT2D eigenvalue weighted by atomic mass is 9.83. The maximum atomic E-state index is 13.3. The second-order valence-electron chi connectivity index (χ2n) is 9.09. The number of thiazole rings is 1. The van der Waals surface area contributed by atoms with Crippen LogP contribution in [0.4, 0.5) is 10.5 Å². The minimum absolute atomic E-state index is 0.117. The fourth-order valence-corrected chi connectivity index (χ4v) is 7.58. The van der Waals surface area contributed by atoms with Crippen LogP contribution in [0.5, 0.6) is 11.5 Å². The summed E-state index contributed by atoms with van der Waals surface area (Å²) in [6.45, 7) is 3.61. The Balaban J connectivity index is 1.58. The van der Waals surface area contributed by atoms with Crippen LogP contribution in [-0.4, -0.2) is 50.2 Å². The number of aromatic nitrogens is 1. The van der Waals surface area contributed by atoms with E-state index in [4.69, 9.17) is 10.5 Å². The van der Waals surface area contributed by atoms with Crippen molar-refractivity contribution in [2.75, 3.05) is 11.9 Å². The number of ether oxygens (including phenoxy) is 1. The SMILES string of the molecule is CCOc1cc(C2c3sc(=O)n(CC(=O)Nc4ccc(C)cc4)c3SC3C(=O)N(C(N)=O)C(=O)C32)ccc1O. The molecule has 11 nitrogen and oxygen atoms in total. The first-order valence-electron chi connectivity index (χ1n) is 12.0. The first kappa shape index (κ1) is 26.5. The average molecular weight is 569 g/mol. The second kappa shape index (κ2) is 10.2. The lowest BCUT2D eigenvalue weighted by molar-refractivity contribution is -0.135. The lowest BCUT2D eigenvalue weighted by Gasteiger charge is -2.31. The Hall–Kier alpha value is -4.10. The maximum absolute atomic E-state index is 13.3. The fraction of sp³-hybridized carbons (Fsp3) is 0.269. The Labute approximate surface area is 230 Å². The van der Waals surface area contributed by atoms with Crippen molar-refractivity contribution >= 4 is 52.5 Å². The van der Waals surface area contributed by atoms with Crippen LogP contribution in [-0.2, 0) is 20.9 Å². The third-order valence-electron chi connectivity index (χ3n) is 6.55. The van der Waals surface area contributed by atoms with Crippen molar-refractivity contribution in [3.63, 3.8) is 0 Å². The number of rotatable bonds is 6. The van der Waals surface area contributed by atoms with E-state index < -0.39 is 45.7 Å². The topological polar surface area (TPSA) is 161 Å². The molecule has 2 aromatic carbocycles. The predicted octanol–water partition coefficient (Wildman–Crippen LogP) is 2.63. The number of urea groups is 1. The molecule has 5 rings (SSSR count). The molecule has 3 unspecified atom stereocenters. The van der Waals surface area contributed by atoms with E-state index >= 15 is 0 Å². The largest absolute Gasteiger partial charge is 0.504 e. The number of likely N-dealkylation sites (tertiary alicyclic amines) is 1. The summed E-state index contributed by atoms with van der Waals surface area (Å²) >= 11 is 1.83. The van der Waals surface area contributed by atoms with E-state index in [0.717, 1.165) is 28.7 Å². The van der Waals surface area contributed by atoms with Gasteiger partial charge in [0.1, 0.15) is 11.8 Å². The molecule has 4 N–H and O–H groups in total. The number of aromatic hydroxyl groups is 1. The molecule has 1 saturated heterocycles. The zero-order valence-electron chi connectivity index (χ0n) is 20.9. The molecule has 3 atom stereocenters. The fourth-order valence-electron chi connectivity index (χ4n) is 4.81. The molecule has 2 aliphatic heterocycles. The van der Waals surface area contributed by atoms with Gasteiger partial charge in [0.25, 0.3) is 5.91 Å². The van der Waals surface area contributed by atoms with Gasteiger partial charge in [0.2, 0.25) is 11.8 Å². The Bertz CT molecular complexity index is 1560. The number of phenolic OH excluding ortho intramolecular Hbond substituents is 1. The van der Waals surface area contributed by atoms with Gasteiger partial charge in [-0.15, -0.1) is 0 Å². The van der Waals surface area contributed by atoms with E-state index in [1.165, 1.54) is 10.6 Å². The van der Waals surface area contributed by atoms with Gasteiger partial charge in [0.05, 0.1) is 17.6 Å². The van der Waals surface area contributed by atoms with Gasteiger partial charge in [-0.25, -0.2) is 4.79 Å². The second-order valence-corrected chi connectivity index (χ2v) is 11.2. The zero-order chi connectivity index (χ0) is 28.0. The third kappa shape index (κ3) is 4.68. The number of primary amides is 1. The number of aryl methyl sites for hydroxylation is 1. The van der Waals surface area contributed by atoms with E-state index in [1.54, 1.807) is 31.2 Å². The van der Waals surface area contributed by atoms with Gasteiger partial charge in [0.15, 0.2) is 11.5 Å². The van der Waals surface area contributed by atoms with Crippen LogP contribution in [0.15, 0.2) is 52.3 Å². The standard InChI is InChI=1S/C26H24N4O7S2/c1-3-37-16-10-13(6-9-15(16)31)18-19-20(23(34)30(22(19)33)25(27)35)38-24-21(18)39-26(36)29(24)11-17(32)28-14-7-4-12(2)5-8-14/h4-10,18-20,31H,3,11H2,1-2H3,(H2,27,35)(H,28,32). The van der Waals surface area contributed by atoms with E-state index in [0.29, 0.717) is 26.1 Å². The number of carbonyl (C=O) groups is 4. The van der Waals surface area contributed by atoms with Crippen molar-refractivity contribution in [1.82, 2.24) is 9.47 Å². The summed E-state index contributed by atoms with van der Waals surface area (Å²) in [5, 5.41) is 12.3. The summed E-state index contributed by atoms with van der Waals surface area (Å²) in [5.41, 5.74) is 7.45. The number of benzene rings is 2. The molecule has 5 amide bonds. The number of thioether (sulfide) groups is 1. The summed E-state index contributed by atoms with van der Waals surface area (Å²) < 4.78 is 6.78. The number of fused-ring (bicyclic) bond motifs is 2. The molecular weight excluding hydrogens is 544 g/mol. The zero-order valence-corrected chi connectivity index (χ0v) is 22.5. The Morgan fingerprint density at radius 1 is 1.10 bits per heavy atom. The molecule has 202 valence electrons. The highest BCUT2D eigenvalue weighted by molar-refractivity contribution is 8.00. The van der Waals surface area contributed by atoms with Gasteiger partial charge in [0, 0.05) is 16.5 Å². The molecule has 2 aliphatic rings. The molecule has 0 saturated carbocycles. The predicted molar refractivity (Wildman–Crippen MR) is 144 cm³/mol. The Morgan fingerprint density at radius 2 is 1.82 bits per heavy atom. The maximum Gasteiger partial charge on any atom is 0.328 e.